The average molecular weight is 207 g/mol. The molecule has 1 saturated carbocycles. The average Bonchev–Trinajstić information content (AvgIpc) is 2.77. The predicted molar refractivity (Wildman–Crippen MR) is 56.6 cm³/mol. The van der Waals surface area contributed by atoms with Crippen LogP contribution in [-0.4, -0.2) is 20.8 Å². The fourth-order valence-corrected chi connectivity index (χ4v) is 2.26. The Labute approximate surface area is 89.7 Å². The highest BCUT2D eigenvalue weighted by molar-refractivity contribution is 5.96. The Morgan fingerprint density at radius 3 is 2.87 bits per heavy atom. The van der Waals surface area contributed by atoms with Gasteiger partial charge in [0.2, 0.25) is 0 Å². The zero-order valence-corrected chi connectivity index (χ0v) is 9.15. The lowest BCUT2D eigenvalue weighted by atomic mass is 9.85. The lowest BCUT2D eigenvalue weighted by Gasteiger charge is -2.19. The number of Topliss-reactive ketones (excluding diaryl/α,β-unsaturated/α-hetero) is 1. The molecular formula is C11H17N3O. The van der Waals surface area contributed by atoms with Crippen LogP contribution in [-0.2, 0) is 6.54 Å². The summed E-state index contributed by atoms with van der Waals surface area (Å²) >= 11 is 0. The molecule has 0 amide bonds. The number of ketones is 1. The van der Waals surface area contributed by atoms with Gasteiger partial charge in [0.1, 0.15) is 5.69 Å². The van der Waals surface area contributed by atoms with E-state index in [9.17, 15) is 4.79 Å². The van der Waals surface area contributed by atoms with Gasteiger partial charge < -0.3 is 0 Å². The molecule has 0 aliphatic heterocycles. The van der Waals surface area contributed by atoms with Gasteiger partial charge in [-0.1, -0.05) is 24.5 Å². The van der Waals surface area contributed by atoms with Crippen molar-refractivity contribution in [3.05, 3.63) is 11.9 Å². The van der Waals surface area contributed by atoms with Crippen LogP contribution in [0.2, 0.25) is 0 Å². The van der Waals surface area contributed by atoms with Gasteiger partial charge in [-0.05, 0) is 19.8 Å². The summed E-state index contributed by atoms with van der Waals surface area (Å²) < 4.78 is 1.69. The smallest absolute Gasteiger partial charge is 0.185 e. The first kappa shape index (κ1) is 10.3. The van der Waals surface area contributed by atoms with Crippen LogP contribution in [0.25, 0.3) is 0 Å². The minimum absolute atomic E-state index is 0.211. The van der Waals surface area contributed by atoms with Gasteiger partial charge in [0.25, 0.3) is 0 Å². The third-order valence-corrected chi connectivity index (χ3v) is 3.15. The first-order valence-electron chi connectivity index (χ1n) is 5.75. The predicted octanol–water partition coefficient (Wildman–Crippen LogP) is 2.06. The van der Waals surface area contributed by atoms with Crippen molar-refractivity contribution in [2.75, 3.05) is 0 Å². The van der Waals surface area contributed by atoms with Gasteiger partial charge in [-0.2, -0.15) is 0 Å². The number of aromatic nitrogens is 3. The van der Waals surface area contributed by atoms with Crippen LogP contribution in [0.3, 0.4) is 0 Å². The van der Waals surface area contributed by atoms with Crippen LogP contribution in [0.4, 0.5) is 0 Å². The summed E-state index contributed by atoms with van der Waals surface area (Å²) in [4.78, 5) is 12.1. The molecule has 1 fully saturated rings. The number of aryl methyl sites for hydroxylation is 1. The van der Waals surface area contributed by atoms with Crippen LogP contribution in [0.1, 0.15) is 49.5 Å². The second-order valence-corrected chi connectivity index (χ2v) is 4.13. The summed E-state index contributed by atoms with van der Waals surface area (Å²) in [5.74, 6) is 0.448. The Balaban J connectivity index is 2.12. The second kappa shape index (κ2) is 4.55. The van der Waals surface area contributed by atoms with Crippen molar-refractivity contribution in [3.63, 3.8) is 0 Å². The highest BCUT2D eigenvalue weighted by Crippen LogP contribution is 2.26. The molecule has 1 aliphatic rings. The number of hydrogen-bond acceptors (Lipinski definition) is 3. The van der Waals surface area contributed by atoms with Crippen LogP contribution in [0.15, 0.2) is 6.20 Å². The monoisotopic (exact) mass is 207 g/mol. The molecule has 0 radical (unpaired) electrons. The maximum Gasteiger partial charge on any atom is 0.185 e. The number of rotatable bonds is 3. The van der Waals surface area contributed by atoms with Crippen LogP contribution in [0, 0.1) is 5.92 Å². The van der Waals surface area contributed by atoms with Crippen LogP contribution >= 0.6 is 0 Å². The fraction of sp³-hybridized carbons (Fsp3) is 0.727. The van der Waals surface area contributed by atoms with E-state index in [4.69, 9.17) is 0 Å². The third-order valence-electron chi connectivity index (χ3n) is 3.15. The van der Waals surface area contributed by atoms with E-state index in [1.807, 2.05) is 6.92 Å². The molecular weight excluding hydrogens is 190 g/mol. The van der Waals surface area contributed by atoms with E-state index in [1.165, 1.54) is 19.3 Å². The molecule has 0 spiro atoms. The Morgan fingerprint density at radius 1 is 1.47 bits per heavy atom. The molecule has 82 valence electrons. The van der Waals surface area contributed by atoms with Gasteiger partial charge in [-0.25, -0.2) is 4.68 Å². The van der Waals surface area contributed by atoms with Crippen molar-refractivity contribution in [1.82, 2.24) is 15.0 Å². The minimum Gasteiger partial charge on any atom is -0.292 e. The molecule has 1 aromatic rings. The molecule has 1 heterocycles. The van der Waals surface area contributed by atoms with Crippen LogP contribution in [0.5, 0.6) is 0 Å². The van der Waals surface area contributed by atoms with Crippen molar-refractivity contribution >= 4 is 5.78 Å². The minimum atomic E-state index is 0.211. The van der Waals surface area contributed by atoms with Gasteiger partial charge >= 0.3 is 0 Å². The van der Waals surface area contributed by atoms with Gasteiger partial charge in [0.15, 0.2) is 5.78 Å². The normalized spacial score (nSPS) is 17.9. The molecule has 1 aromatic heterocycles. The molecule has 0 N–H and O–H groups in total. The molecule has 0 bridgehead atoms. The molecule has 0 unspecified atom stereocenters. The van der Waals surface area contributed by atoms with Crippen molar-refractivity contribution in [1.29, 1.82) is 0 Å². The SMILES string of the molecule is CCn1nncc1C(=O)C1CCCCC1. The van der Waals surface area contributed by atoms with Crippen molar-refractivity contribution in [2.24, 2.45) is 5.92 Å². The summed E-state index contributed by atoms with van der Waals surface area (Å²) in [5.41, 5.74) is 0.685. The summed E-state index contributed by atoms with van der Waals surface area (Å²) in [5, 5.41) is 7.70. The van der Waals surface area contributed by atoms with E-state index < -0.39 is 0 Å². The standard InChI is InChI=1S/C11H17N3O/c1-2-14-10(8-12-13-14)11(15)9-6-4-3-5-7-9/h8-9H,2-7H2,1H3. The van der Waals surface area contributed by atoms with Gasteiger partial charge in [0.05, 0.1) is 6.20 Å². The highest BCUT2D eigenvalue weighted by Gasteiger charge is 2.24. The van der Waals surface area contributed by atoms with Crippen molar-refractivity contribution in [2.45, 2.75) is 45.6 Å². The Kier molecular flexibility index (Phi) is 3.14. The van der Waals surface area contributed by atoms with Crippen molar-refractivity contribution in [3.8, 4) is 0 Å². The summed E-state index contributed by atoms with van der Waals surface area (Å²) in [6, 6.07) is 0. The van der Waals surface area contributed by atoms with Crippen molar-refractivity contribution < 1.29 is 4.79 Å². The topological polar surface area (TPSA) is 47.8 Å². The number of hydrogen-bond donors (Lipinski definition) is 0. The van der Waals surface area contributed by atoms with E-state index in [0.29, 0.717) is 12.2 Å². The first-order chi connectivity index (χ1) is 7.33. The molecule has 4 nitrogen and oxygen atoms in total. The van der Waals surface area contributed by atoms with Gasteiger partial charge in [0, 0.05) is 12.5 Å². The molecule has 4 heteroatoms. The Morgan fingerprint density at radius 2 is 2.20 bits per heavy atom. The van der Waals surface area contributed by atoms with Gasteiger partial charge in [-0.15, -0.1) is 5.10 Å². The lowest BCUT2D eigenvalue weighted by molar-refractivity contribution is 0.0878. The molecule has 1 aliphatic carbocycles. The summed E-state index contributed by atoms with van der Waals surface area (Å²) in [6.07, 6.45) is 7.31. The first-order valence-corrected chi connectivity index (χ1v) is 5.75. The van der Waals surface area contributed by atoms with E-state index >= 15 is 0 Å². The van der Waals surface area contributed by atoms with Gasteiger partial charge in [-0.3, -0.25) is 4.79 Å². The third kappa shape index (κ3) is 2.08. The lowest BCUT2D eigenvalue weighted by Crippen LogP contribution is -2.21. The van der Waals surface area contributed by atoms with E-state index in [2.05, 4.69) is 10.3 Å². The molecule has 0 aromatic carbocycles. The fourth-order valence-electron chi connectivity index (χ4n) is 2.26. The molecule has 0 atom stereocenters. The summed E-state index contributed by atoms with van der Waals surface area (Å²) in [7, 11) is 0. The number of carbonyl (C=O) groups is 1. The molecule has 0 saturated heterocycles. The zero-order valence-electron chi connectivity index (χ0n) is 9.15. The van der Waals surface area contributed by atoms with Crippen LogP contribution < -0.4 is 0 Å². The zero-order chi connectivity index (χ0) is 10.7. The summed E-state index contributed by atoms with van der Waals surface area (Å²) in [6.45, 7) is 2.69. The molecule has 15 heavy (non-hydrogen) atoms. The molecule has 2 rings (SSSR count). The second-order valence-electron chi connectivity index (χ2n) is 4.13. The largest absolute Gasteiger partial charge is 0.292 e. The van der Waals surface area contributed by atoms with E-state index in [-0.39, 0.29) is 11.7 Å². The van der Waals surface area contributed by atoms with E-state index in [1.54, 1.807) is 10.9 Å². The maximum atomic E-state index is 12.1. The number of carbonyl (C=O) groups excluding carboxylic acids is 1. The maximum absolute atomic E-state index is 12.1. The highest BCUT2D eigenvalue weighted by atomic mass is 16.1. The number of nitrogens with zero attached hydrogens (tertiary/aromatic N) is 3. The Hall–Kier alpha value is -1.19. The Bertz CT molecular complexity index is 339. The van der Waals surface area contributed by atoms with E-state index in [0.717, 1.165) is 12.8 Å². The quantitative estimate of drug-likeness (QED) is 0.713.